The monoisotopic (exact) mass is 348 g/mol. The van der Waals surface area contributed by atoms with Crippen molar-refractivity contribution in [2.24, 2.45) is 12.5 Å². The SMILES string of the molecule is CNC(=O)CN1CCOCC2(CCCN(C(=O)c3cccn3C)C2)C1. The minimum Gasteiger partial charge on any atom is -0.379 e. The number of likely N-dealkylation sites (N-methyl/N-ethyl adjacent to an activating group) is 1. The molecule has 0 saturated carbocycles. The summed E-state index contributed by atoms with van der Waals surface area (Å²) in [6.45, 7) is 4.66. The van der Waals surface area contributed by atoms with Crippen LogP contribution in [0.3, 0.4) is 0 Å². The molecule has 138 valence electrons. The average molecular weight is 348 g/mol. The van der Waals surface area contributed by atoms with Crippen LogP contribution in [-0.4, -0.2) is 79.2 Å². The Balaban J connectivity index is 1.72. The molecule has 0 aromatic carbocycles. The van der Waals surface area contributed by atoms with Gasteiger partial charge in [0.1, 0.15) is 5.69 Å². The van der Waals surface area contributed by atoms with Gasteiger partial charge in [-0.1, -0.05) is 0 Å². The smallest absolute Gasteiger partial charge is 0.270 e. The van der Waals surface area contributed by atoms with Crippen LogP contribution in [-0.2, 0) is 16.6 Å². The number of carbonyl (C=O) groups is 2. The molecule has 1 unspecified atom stereocenters. The standard InChI is InChI=1S/C18H28N4O3/c1-19-16(23)11-21-9-10-25-14-18(12-21)6-4-8-22(13-18)17(24)15-5-3-7-20(15)2/h3,5,7H,4,6,8-14H2,1-2H3,(H,19,23). The third kappa shape index (κ3) is 4.04. The number of likely N-dealkylation sites (tertiary alicyclic amines) is 1. The first kappa shape index (κ1) is 17.9. The first-order valence-corrected chi connectivity index (χ1v) is 8.94. The lowest BCUT2D eigenvalue weighted by Crippen LogP contribution is -2.53. The van der Waals surface area contributed by atoms with Gasteiger partial charge in [0, 0.05) is 51.9 Å². The molecule has 0 bridgehead atoms. The predicted molar refractivity (Wildman–Crippen MR) is 94.3 cm³/mol. The highest BCUT2D eigenvalue weighted by Crippen LogP contribution is 2.33. The Kier molecular flexibility index (Phi) is 5.44. The number of rotatable bonds is 3. The van der Waals surface area contributed by atoms with Gasteiger partial charge in [-0.2, -0.15) is 0 Å². The van der Waals surface area contributed by atoms with Gasteiger partial charge in [0.25, 0.3) is 5.91 Å². The molecule has 1 aromatic heterocycles. The highest BCUT2D eigenvalue weighted by Gasteiger charge is 2.40. The van der Waals surface area contributed by atoms with E-state index in [-0.39, 0.29) is 17.2 Å². The van der Waals surface area contributed by atoms with Crippen LogP contribution in [0.15, 0.2) is 18.3 Å². The molecule has 2 aliphatic heterocycles. The molecule has 1 N–H and O–H groups in total. The van der Waals surface area contributed by atoms with Gasteiger partial charge in [0.2, 0.25) is 5.91 Å². The molecular weight excluding hydrogens is 320 g/mol. The zero-order valence-corrected chi connectivity index (χ0v) is 15.2. The highest BCUT2D eigenvalue weighted by atomic mass is 16.5. The zero-order chi connectivity index (χ0) is 17.9. The van der Waals surface area contributed by atoms with E-state index in [1.165, 1.54) is 0 Å². The Labute approximate surface area is 148 Å². The molecular formula is C18H28N4O3. The molecule has 7 nitrogen and oxygen atoms in total. The number of nitrogens with zero attached hydrogens (tertiary/aromatic N) is 3. The lowest BCUT2D eigenvalue weighted by molar-refractivity contribution is -0.122. The first-order chi connectivity index (χ1) is 12.0. The van der Waals surface area contributed by atoms with Gasteiger partial charge >= 0.3 is 0 Å². The fraction of sp³-hybridized carbons (Fsp3) is 0.667. The zero-order valence-electron chi connectivity index (χ0n) is 15.2. The Bertz CT molecular complexity index is 630. The van der Waals surface area contributed by atoms with Crippen molar-refractivity contribution in [3.63, 3.8) is 0 Å². The van der Waals surface area contributed by atoms with E-state index in [4.69, 9.17) is 4.74 Å². The number of aromatic nitrogens is 1. The summed E-state index contributed by atoms with van der Waals surface area (Å²) in [4.78, 5) is 28.8. The van der Waals surface area contributed by atoms with E-state index in [1.54, 1.807) is 7.05 Å². The van der Waals surface area contributed by atoms with E-state index in [2.05, 4.69) is 10.2 Å². The van der Waals surface area contributed by atoms with E-state index < -0.39 is 0 Å². The van der Waals surface area contributed by atoms with Crippen molar-refractivity contribution >= 4 is 11.8 Å². The molecule has 25 heavy (non-hydrogen) atoms. The number of piperidine rings is 1. The maximum Gasteiger partial charge on any atom is 0.270 e. The van der Waals surface area contributed by atoms with Crippen molar-refractivity contribution in [3.05, 3.63) is 24.0 Å². The fourth-order valence-corrected chi connectivity index (χ4v) is 3.97. The summed E-state index contributed by atoms with van der Waals surface area (Å²) in [7, 11) is 3.56. The number of nitrogens with one attached hydrogen (secondary N) is 1. The molecule has 2 saturated heterocycles. The van der Waals surface area contributed by atoms with Crippen molar-refractivity contribution in [3.8, 4) is 0 Å². The number of hydrogen-bond donors (Lipinski definition) is 1. The average Bonchev–Trinajstić information content (AvgIpc) is 2.94. The van der Waals surface area contributed by atoms with Crippen molar-refractivity contribution in [1.82, 2.24) is 19.7 Å². The number of aryl methyl sites for hydroxylation is 1. The lowest BCUT2D eigenvalue weighted by atomic mass is 9.80. The van der Waals surface area contributed by atoms with Crippen LogP contribution in [0.1, 0.15) is 23.3 Å². The number of hydrogen-bond acceptors (Lipinski definition) is 4. The summed E-state index contributed by atoms with van der Waals surface area (Å²) >= 11 is 0. The van der Waals surface area contributed by atoms with Gasteiger partial charge < -0.3 is 19.5 Å². The third-order valence-corrected chi connectivity index (χ3v) is 5.28. The quantitative estimate of drug-likeness (QED) is 0.855. The first-order valence-electron chi connectivity index (χ1n) is 8.94. The summed E-state index contributed by atoms with van der Waals surface area (Å²) in [5.74, 6) is 0.0956. The summed E-state index contributed by atoms with van der Waals surface area (Å²) in [6.07, 6.45) is 3.88. The second-order valence-corrected chi connectivity index (χ2v) is 7.27. The predicted octanol–water partition coefficient (Wildman–Crippen LogP) is 0.326. The minimum absolute atomic E-state index is 0.0182. The summed E-state index contributed by atoms with van der Waals surface area (Å²) in [6, 6.07) is 3.76. The van der Waals surface area contributed by atoms with Gasteiger partial charge in [-0.15, -0.1) is 0 Å². The molecule has 3 rings (SSSR count). The van der Waals surface area contributed by atoms with Gasteiger partial charge in [-0.25, -0.2) is 0 Å². The number of ether oxygens (including phenoxy) is 1. The maximum atomic E-state index is 12.9. The van der Waals surface area contributed by atoms with Crippen LogP contribution in [0.5, 0.6) is 0 Å². The highest BCUT2D eigenvalue weighted by molar-refractivity contribution is 5.92. The van der Waals surface area contributed by atoms with Gasteiger partial charge in [-0.05, 0) is 25.0 Å². The van der Waals surface area contributed by atoms with Crippen LogP contribution in [0.4, 0.5) is 0 Å². The van der Waals surface area contributed by atoms with Crippen LogP contribution >= 0.6 is 0 Å². The largest absolute Gasteiger partial charge is 0.379 e. The molecule has 1 atom stereocenters. The Morgan fingerprint density at radius 1 is 1.32 bits per heavy atom. The molecule has 1 spiro atoms. The van der Waals surface area contributed by atoms with Gasteiger partial charge in [0.15, 0.2) is 0 Å². The number of amides is 2. The minimum atomic E-state index is -0.0937. The Morgan fingerprint density at radius 3 is 2.88 bits per heavy atom. The van der Waals surface area contributed by atoms with Gasteiger partial charge in [-0.3, -0.25) is 14.5 Å². The second kappa shape index (κ2) is 7.58. The molecule has 2 aliphatic rings. The third-order valence-electron chi connectivity index (χ3n) is 5.28. The van der Waals surface area contributed by atoms with Crippen molar-refractivity contribution in [2.45, 2.75) is 12.8 Å². The summed E-state index contributed by atoms with van der Waals surface area (Å²) in [5.41, 5.74) is 0.623. The van der Waals surface area contributed by atoms with Crippen molar-refractivity contribution in [2.75, 3.05) is 53.0 Å². The molecule has 1 aromatic rings. The fourth-order valence-electron chi connectivity index (χ4n) is 3.97. The summed E-state index contributed by atoms with van der Waals surface area (Å²) < 4.78 is 7.73. The molecule has 2 amide bonds. The topological polar surface area (TPSA) is 66.8 Å². The van der Waals surface area contributed by atoms with Crippen LogP contribution < -0.4 is 5.32 Å². The van der Waals surface area contributed by atoms with Crippen LogP contribution in [0.2, 0.25) is 0 Å². The van der Waals surface area contributed by atoms with Crippen LogP contribution in [0.25, 0.3) is 0 Å². The maximum absolute atomic E-state index is 12.9. The van der Waals surface area contributed by atoms with Gasteiger partial charge in [0.05, 0.1) is 19.8 Å². The van der Waals surface area contributed by atoms with Crippen molar-refractivity contribution in [1.29, 1.82) is 0 Å². The molecule has 0 radical (unpaired) electrons. The summed E-state index contributed by atoms with van der Waals surface area (Å²) in [5, 5.41) is 2.69. The van der Waals surface area contributed by atoms with E-state index >= 15 is 0 Å². The van der Waals surface area contributed by atoms with E-state index in [1.807, 2.05) is 34.8 Å². The lowest BCUT2D eigenvalue weighted by Gasteiger charge is -2.43. The Morgan fingerprint density at radius 2 is 2.16 bits per heavy atom. The Hall–Kier alpha value is -1.86. The molecule has 2 fully saturated rings. The number of carbonyl (C=O) groups excluding carboxylic acids is 2. The molecule has 0 aliphatic carbocycles. The van der Waals surface area contributed by atoms with E-state index in [9.17, 15) is 9.59 Å². The van der Waals surface area contributed by atoms with E-state index in [0.29, 0.717) is 32.0 Å². The van der Waals surface area contributed by atoms with Crippen molar-refractivity contribution < 1.29 is 14.3 Å². The normalized spacial score (nSPS) is 25.0. The molecule has 7 heteroatoms. The van der Waals surface area contributed by atoms with Crippen LogP contribution in [0, 0.1) is 5.41 Å². The second-order valence-electron chi connectivity index (χ2n) is 7.27. The van der Waals surface area contributed by atoms with E-state index in [0.717, 1.165) is 32.5 Å². The molecule has 3 heterocycles.